The average Bonchev–Trinajstić information content (AvgIpc) is 3.29. The summed E-state index contributed by atoms with van der Waals surface area (Å²) in [5.41, 5.74) is 9.98. The van der Waals surface area contributed by atoms with E-state index in [1.165, 1.54) is 12.8 Å². The molecule has 1 fully saturated rings. The third kappa shape index (κ3) is 2.81. The second-order valence-electron chi connectivity index (χ2n) is 7.11. The van der Waals surface area contributed by atoms with Crippen LogP contribution in [-0.2, 0) is 0 Å². The van der Waals surface area contributed by atoms with Crippen LogP contribution in [0.4, 0.5) is 5.69 Å². The molecule has 1 aromatic carbocycles. The van der Waals surface area contributed by atoms with Crippen LogP contribution in [0.1, 0.15) is 43.2 Å². The minimum absolute atomic E-state index is 0.150. The monoisotopic (exact) mass is 349 g/mol. The van der Waals surface area contributed by atoms with Gasteiger partial charge in [0, 0.05) is 36.3 Å². The van der Waals surface area contributed by atoms with E-state index in [1.807, 2.05) is 43.1 Å². The Balaban J connectivity index is 1.81. The molecule has 3 aromatic rings. The third-order valence-corrected chi connectivity index (χ3v) is 4.96. The second-order valence-corrected chi connectivity index (χ2v) is 7.11. The van der Waals surface area contributed by atoms with Gasteiger partial charge in [-0.05, 0) is 50.5 Å². The molecule has 1 saturated heterocycles. The number of primary amides is 1. The number of carbonyl (C=O) groups excluding carboxylic acids is 1. The zero-order valence-electron chi connectivity index (χ0n) is 15.1. The predicted molar refractivity (Wildman–Crippen MR) is 103 cm³/mol. The molecule has 0 spiro atoms. The Kier molecular flexibility index (Phi) is 4.11. The molecule has 4 rings (SSSR count). The lowest BCUT2D eigenvalue weighted by Gasteiger charge is -2.17. The summed E-state index contributed by atoms with van der Waals surface area (Å²) in [6, 6.07) is 8.37. The summed E-state index contributed by atoms with van der Waals surface area (Å²) in [7, 11) is 0. The standard InChI is InChI=1S/C20H23N5O/c1-13(2)25-18-6-5-14(10-17(18)19(23-25)20(21)26)15-9-16(12-22-11-15)24-7-3-4-8-24/h5-6,9-13H,3-4,7-8H2,1-2H3,(H2,21,26). The number of amides is 1. The number of pyridine rings is 1. The van der Waals surface area contributed by atoms with Gasteiger partial charge < -0.3 is 10.6 Å². The van der Waals surface area contributed by atoms with E-state index in [9.17, 15) is 4.79 Å². The number of nitrogens with zero attached hydrogens (tertiary/aromatic N) is 4. The number of hydrogen-bond acceptors (Lipinski definition) is 4. The summed E-state index contributed by atoms with van der Waals surface area (Å²) >= 11 is 0. The van der Waals surface area contributed by atoms with Crippen molar-refractivity contribution in [3.63, 3.8) is 0 Å². The maximum Gasteiger partial charge on any atom is 0.269 e. The van der Waals surface area contributed by atoms with Crippen LogP contribution in [0.3, 0.4) is 0 Å². The SMILES string of the molecule is CC(C)n1nc(C(N)=O)c2cc(-c3cncc(N4CCCC4)c3)ccc21. The number of nitrogens with two attached hydrogens (primary N) is 1. The summed E-state index contributed by atoms with van der Waals surface area (Å²) in [6.07, 6.45) is 6.23. The lowest BCUT2D eigenvalue weighted by atomic mass is 10.0. The van der Waals surface area contributed by atoms with Gasteiger partial charge in [0.15, 0.2) is 5.69 Å². The Labute approximate surface area is 152 Å². The maximum atomic E-state index is 11.9. The lowest BCUT2D eigenvalue weighted by Crippen LogP contribution is -2.17. The first-order chi connectivity index (χ1) is 12.5. The second kappa shape index (κ2) is 6.44. The van der Waals surface area contributed by atoms with E-state index in [0.29, 0.717) is 5.69 Å². The van der Waals surface area contributed by atoms with Gasteiger partial charge >= 0.3 is 0 Å². The van der Waals surface area contributed by atoms with Gasteiger partial charge in [-0.3, -0.25) is 14.5 Å². The highest BCUT2D eigenvalue weighted by atomic mass is 16.1. The lowest BCUT2D eigenvalue weighted by molar-refractivity contribution is 0.0996. The number of aromatic nitrogens is 3. The van der Waals surface area contributed by atoms with Gasteiger partial charge in [0.05, 0.1) is 17.4 Å². The molecule has 2 N–H and O–H groups in total. The van der Waals surface area contributed by atoms with Crippen LogP contribution in [0.2, 0.25) is 0 Å². The summed E-state index contributed by atoms with van der Waals surface area (Å²) < 4.78 is 1.85. The quantitative estimate of drug-likeness (QED) is 0.783. The fraction of sp³-hybridized carbons (Fsp3) is 0.350. The number of fused-ring (bicyclic) bond motifs is 1. The largest absolute Gasteiger partial charge is 0.370 e. The number of benzene rings is 1. The van der Waals surface area contributed by atoms with Crippen molar-refractivity contribution in [1.29, 1.82) is 0 Å². The Bertz CT molecular complexity index is 969. The molecule has 0 bridgehead atoms. The Morgan fingerprint density at radius 1 is 1.12 bits per heavy atom. The molecule has 1 aliphatic rings. The molecule has 1 amide bonds. The first-order valence-corrected chi connectivity index (χ1v) is 9.07. The molecule has 0 atom stereocenters. The van der Waals surface area contributed by atoms with Crippen LogP contribution in [0.15, 0.2) is 36.7 Å². The molecule has 2 aromatic heterocycles. The Morgan fingerprint density at radius 3 is 2.58 bits per heavy atom. The first-order valence-electron chi connectivity index (χ1n) is 9.07. The highest BCUT2D eigenvalue weighted by Gasteiger charge is 2.18. The van der Waals surface area contributed by atoms with Crippen molar-refractivity contribution >= 4 is 22.5 Å². The molecule has 134 valence electrons. The molecule has 0 unspecified atom stereocenters. The molecule has 6 heteroatoms. The molecule has 0 aliphatic carbocycles. The van der Waals surface area contributed by atoms with Gasteiger partial charge in [0.1, 0.15) is 0 Å². The summed E-state index contributed by atoms with van der Waals surface area (Å²) in [6.45, 7) is 6.23. The third-order valence-electron chi connectivity index (χ3n) is 4.96. The van der Waals surface area contributed by atoms with Gasteiger partial charge in [-0.25, -0.2) is 0 Å². The highest BCUT2D eigenvalue weighted by Crippen LogP contribution is 2.30. The average molecular weight is 349 g/mol. The van der Waals surface area contributed by atoms with Crippen molar-refractivity contribution in [2.45, 2.75) is 32.7 Å². The fourth-order valence-electron chi connectivity index (χ4n) is 3.63. The fourth-order valence-corrected chi connectivity index (χ4v) is 3.63. The van der Waals surface area contributed by atoms with Crippen LogP contribution in [0.5, 0.6) is 0 Å². The van der Waals surface area contributed by atoms with Gasteiger partial charge in [-0.15, -0.1) is 0 Å². The van der Waals surface area contributed by atoms with Gasteiger partial charge in [0.2, 0.25) is 0 Å². The van der Waals surface area contributed by atoms with E-state index in [0.717, 1.165) is 40.8 Å². The first kappa shape index (κ1) is 16.6. The summed E-state index contributed by atoms with van der Waals surface area (Å²) in [5.74, 6) is -0.504. The van der Waals surface area contributed by atoms with Crippen molar-refractivity contribution in [3.05, 3.63) is 42.4 Å². The smallest absolute Gasteiger partial charge is 0.269 e. The van der Waals surface area contributed by atoms with Crippen LogP contribution in [0.25, 0.3) is 22.0 Å². The normalized spacial score (nSPS) is 14.5. The van der Waals surface area contributed by atoms with Crippen LogP contribution in [0, 0.1) is 0 Å². The maximum absolute atomic E-state index is 11.9. The van der Waals surface area contributed by atoms with Gasteiger partial charge in [-0.1, -0.05) is 6.07 Å². The molecular formula is C20H23N5O. The van der Waals surface area contributed by atoms with Gasteiger partial charge in [0.25, 0.3) is 5.91 Å². The van der Waals surface area contributed by atoms with E-state index in [2.05, 4.69) is 27.1 Å². The van der Waals surface area contributed by atoms with Crippen LogP contribution in [-0.4, -0.2) is 33.8 Å². The van der Waals surface area contributed by atoms with Crippen LogP contribution >= 0.6 is 0 Å². The van der Waals surface area contributed by atoms with Crippen molar-refractivity contribution in [2.24, 2.45) is 5.73 Å². The van der Waals surface area contributed by atoms with E-state index < -0.39 is 5.91 Å². The summed E-state index contributed by atoms with van der Waals surface area (Å²) in [4.78, 5) is 18.6. The highest BCUT2D eigenvalue weighted by molar-refractivity contribution is 6.05. The van der Waals surface area contributed by atoms with Crippen molar-refractivity contribution < 1.29 is 4.79 Å². The van der Waals surface area contributed by atoms with Crippen molar-refractivity contribution in [1.82, 2.24) is 14.8 Å². The zero-order valence-corrected chi connectivity index (χ0v) is 15.1. The summed E-state index contributed by atoms with van der Waals surface area (Å²) in [5, 5.41) is 5.21. The van der Waals surface area contributed by atoms with Crippen LogP contribution < -0.4 is 10.6 Å². The zero-order chi connectivity index (χ0) is 18.3. The molecule has 1 aliphatic heterocycles. The molecule has 6 nitrogen and oxygen atoms in total. The van der Waals surface area contributed by atoms with E-state index in [4.69, 9.17) is 5.73 Å². The van der Waals surface area contributed by atoms with Crippen molar-refractivity contribution in [3.8, 4) is 11.1 Å². The van der Waals surface area contributed by atoms with E-state index in [1.54, 1.807) is 0 Å². The number of hydrogen-bond donors (Lipinski definition) is 1. The molecule has 0 saturated carbocycles. The minimum Gasteiger partial charge on any atom is -0.370 e. The molecule has 26 heavy (non-hydrogen) atoms. The topological polar surface area (TPSA) is 77.0 Å². The number of carbonyl (C=O) groups is 1. The minimum atomic E-state index is -0.504. The van der Waals surface area contributed by atoms with Gasteiger partial charge in [-0.2, -0.15) is 5.10 Å². The Morgan fingerprint density at radius 2 is 1.88 bits per heavy atom. The molecular weight excluding hydrogens is 326 g/mol. The molecule has 3 heterocycles. The predicted octanol–water partition coefficient (Wildman–Crippen LogP) is 3.38. The number of rotatable bonds is 4. The van der Waals surface area contributed by atoms with E-state index in [-0.39, 0.29) is 6.04 Å². The van der Waals surface area contributed by atoms with Crippen molar-refractivity contribution in [2.75, 3.05) is 18.0 Å². The Hall–Kier alpha value is -2.89. The van der Waals surface area contributed by atoms with E-state index >= 15 is 0 Å². The number of anilines is 1. The molecule has 0 radical (unpaired) electrons.